The highest BCUT2D eigenvalue weighted by atomic mass is 15.2. The maximum atomic E-state index is 4.03. The van der Waals surface area contributed by atoms with Crippen molar-refractivity contribution in [2.45, 2.75) is 32.6 Å². The molecule has 1 rings (SSSR count). The molecule has 1 N–H and O–H groups in total. The molecule has 0 saturated heterocycles. The Bertz CT molecular complexity index is 252. The zero-order valence-electron chi connectivity index (χ0n) is 7.67. The molecule has 0 bridgehead atoms. The molecular weight excluding hydrogens is 150 g/mol. The first-order valence-corrected chi connectivity index (χ1v) is 4.24. The Hall–Kier alpha value is -1.12. The summed E-state index contributed by atoms with van der Waals surface area (Å²) in [5.74, 6) is 2.31. The van der Waals surface area contributed by atoms with E-state index in [1.54, 1.807) is 0 Å². The number of aromatic nitrogens is 3. The van der Waals surface area contributed by atoms with E-state index in [9.17, 15) is 0 Å². The molecule has 12 heavy (non-hydrogen) atoms. The molecule has 1 atom stereocenters. The number of aromatic amines is 1. The van der Waals surface area contributed by atoms with Gasteiger partial charge in [0.05, 0.1) is 0 Å². The molecule has 1 aromatic rings. The summed E-state index contributed by atoms with van der Waals surface area (Å²) >= 11 is 0. The minimum absolute atomic E-state index is 0.448. The summed E-state index contributed by atoms with van der Waals surface area (Å²) in [6.45, 7) is 7.74. The van der Waals surface area contributed by atoms with Gasteiger partial charge in [-0.25, -0.2) is 0 Å². The molecule has 66 valence electrons. The highest BCUT2D eigenvalue weighted by Crippen LogP contribution is 2.16. The van der Waals surface area contributed by atoms with Crippen molar-refractivity contribution in [1.29, 1.82) is 0 Å². The average Bonchev–Trinajstić information content (AvgIpc) is 2.47. The van der Waals surface area contributed by atoms with E-state index in [1.807, 2.05) is 13.0 Å². The van der Waals surface area contributed by atoms with Crippen molar-refractivity contribution in [3.8, 4) is 0 Å². The first-order chi connectivity index (χ1) is 5.74. The minimum Gasteiger partial charge on any atom is -0.329 e. The number of allylic oxidation sites excluding steroid dienone is 1. The lowest BCUT2D eigenvalue weighted by Crippen LogP contribution is -1.95. The van der Waals surface area contributed by atoms with Gasteiger partial charge in [-0.05, 0) is 19.8 Å². The molecule has 3 nitrogen and oxygen atoms in total. The fraction of sp³-hybridized carbons (Fsp3) is 0.556. The maximum absolute atomic E-state index is 4.03. The number of H-pyrrole nitrogens is 1. The number of nitrogens with one attached hydrogen (secondary N) is 1. The number of rotatable bonds is 4. The van der Waals surface area contributed by atoms with Gasteiger partial charge in [0.2, 0.25) is 0 Å². The standard InChI is InChI=1S/C9H15N3/c1-4-5-6-7(2)9-10-8(3)11-12-9/h4,7H,1,5-6H2,2-3H3,(H,10,11,12). The van der Waals surface area contributed by atoms with Gasteiger partial charge in [-0.15, -0.1) is 16.8 Å². The monoisotopic (exact) mass is 165 g/mol. The van der Waals surface area contributed by atoms with Crippen molar-refractivity contribution in [2.75, 3.05) is 0 Å². The molecule has 0 amide bonds. The summed E-state index contributed by atoms with van der Waals surface area (Å²) in [6, 6.07) is 0. The molecule has 0 aliphatic rings. The Morgan fingerprint density at radius 2 is 2.33 bits per heavy atom. The van der Waals surface area contributed by atoms with Crippen LogP contribution in [-0.2, 0) is 0 Å². The molecule has 1 aromatic heterocycles. The lowest BCUT2D eigenvalue weighted by molar-refractivity contribution is 0.649. The van der Waals surface area contributed by atoms with Gasteiger partial charge in [-0.1, -0.05) is 13.0 Å². The van der Waals surface area contributed by atoms with Crippen molar-refractivity contribution < 1.29 is 0 Å². The van der Waals surface area contributed by atoms with E-state index in [0.717, 1.165) is 24.5 Å². The zero-order chi connectivity index (χ0) is 8.97. The van der Waals surface area contributed by atoms with Crippen molar-refractivity contribution in [3.63, 3.8) is 0 Å². The fourth-order valence-electron chi connectivity index (χ4n) is 1.09. The van der Waals surface area contributed by atoms with Crippen LogP contribution in [0.15, 0.2) is 12.7 Å². The van der Waals surface area contributed by atoms with E-state index in [0.29, 0.717) is 5.92 Å². The second-order valence-corrected chi connectivity index (χ2v) is 3.06. The summed E-state index contributed by atoms with van der Waals surface area (Å²) < 4.78 is 0. The third-order valence-corrected chi connectivity index (χ3v) is 1.89. The number of aryl methyl sites for hydroxylation is 1. The summed E-state index contributed by atoms with van der Waals surface area (Å²) in [5, 5.41) is 7.94. The lowest BCUT2D eigenvalue weighted by Gasteiger charge is -2.04. The largest absolute Gasteiger partial charge is 0.329 e. The lowest BCUT2D eigenvalue weighted by atomic mass is 10.1. The maximum Gasteiger partial charge on any atom is 0.133 e. The normalized spacial score (nSPS) is 12.8. The van der Waals surface area contributed by atoms with Crippen LogP contribution in [0.25, 0.3) is 0 Å². The fourth-order valence-corrected chi connectivity index (χ4v) is 1.09. The van der Waals surface area contributed by atoms with Gasteiger partial charge in [-0.2, -0.15) is 0 Å². The van der Waals surface area contributed by atoms with Crippen LogP contribution in [0.3, 0.4) is 0 Å². The van der Waals surface area contributed by atoms with Gasteiger partial charge in [0.1, 0.15) is 11.6 Å². The van der Waals surface area contributed by atoms with Crippen LogP contribution in [-0.4, -0.2) is 15.2 Å². The van der Waals surface area contributed by atoms with Crippen LogP contribution in [0.4, 0.5) is 0 Å². The Balaban J connectivity index is 2.52. The van der Waals surface area contributed by atoms with Crippen LogP contribution in [0.5, 0.6) is 0 Å². The second-order valence-electron chi connectivity index (χ2n) is 3.06. The van der Waals surface area contributed by atoms with E-state index in [-0.39, 0.29) is 0 Å². The predicted octanol–water partition coefficient (Wildman–Crippen LogP) is 2.18. The van der Waals surface area contributed by atoms with E-state index < -0.39 is 0 Å². The molecule has 3 heteroatoms. The SMILES string of the molecule is C=CCCC(C)c1nnc(C)[nH]1. The summed E-state index contributed by atoms with van der Waals surface area (Å²) in [4.78, 5) is 3.13. The van der Waals surface area contributed by atoms with Crippen LogP contribution in [0, 0.1) is 6.92 Å². The molecule has 0 saturated carbocycles. The predicted molar refractivity (Wildman–Crippen MR) is 49.0 cm³/mol. The van der Waals surface area contributed by atoms with Crippen molar-refractivity contribution in [1.82, 2.24) is 15.2 Å². The summed E-state index contributed by atoms with van der Waals surface area (Å²) in [5.41, 5.74) is 0. The van der Waals surface area contributed by atoms with Gasteiger partial charge in [0, 0.05) is 5.92 Å². The van der Waals surface area contributed by atoms with Gasteiger partial charge >= 0.3 is 0 Å². The van der Waals surface area contributed by atoms with E-state index in [2.05, 4.69) is 28.7 Å². The van der Waals surface area contributed by atoms with Crippen LogP contribution < -0.4 is 0 Å². The van der Waals surface area contributed by atoms with Crippen molar-refractivity contribution >= 4 is 0 Å². The van der Waals surface area contributed by atoms with Crippen molar-refractivity contribution in [3.05, 3.63) is 24.3 Å². The first kappa shape index (κ1) is 8.97. The molecule has 0 spiro atoms. The topological polar surface area (TPSA) is 41.6 Å². The molecule has 0 fully saturated rings. The Labute approximate surface area is 72.9 Å². The van der Waals surface area contributed by atoms with Gasteiger partial charge < -0.3 is 4.98 Å². The quantitative estimate of drug-likeness (QED) is 0.695. The molecule has 1 unspecified atom stereocenters. The molecule has 0 radical (unpaired) electrons. The van der Waals surface area contributed by atoms with Crippen molar-refractivity contribution in [2.24, 2.45) is 0 Å². The molecule has 0 aliphatic carbocycles. The highest BCUT2D eigenvalue weighted by molar-refractivity contribution is 4.95. The second kappa shape index (κ2) is 4.04. The number of hydrogen-bond acceptors (Lipinski definition) is 2. The molecule has 0 aliphatic heterocycles. The first-order valence-electron chi connectivity index (χ1n) is 4.24. The smallest absolute Gasteiger partial charge is 0.133 e. The Morgan fingerprint density at radius 1 is 1.58 bits per heavy atom. The molecule has 0 aromatic carbocycles. The van der Waals surface area contributed by atoms with E-state index >= 15 is 0 Å². The van der Waals surface area contributed by atoms with Crippen LogP contribution >= 0.6 is 0 Å². The number of hydrogen-bond donors (Lipinski definition) is 1. The summed E-state index contributed by atoms with van der Waals surface area (Å²) in [7, 11) is 0. The summed E-state index contributed by atoms with van der Waals surface area (Å²) in [6.07, 6.45) is 4.04. The van der Waals surface area contributed by atoms with Crippen LogP contribution in [0.2, 0.25) is 0 Å². The third-order valence-electron chi connectivity index (χ3n) is 1.89. The van der Waals surface area contributed by atoms with Crippen LogP contribution in [0.1, 0.15) is 37.3 Å². The Kier molecular flexibility index (Phi) is 3.02. The van der Waals surface area contributed by atoms with E-state index in [4.69, 9.17) is 0 Å². The molecular formula is C9H15N3. The number of nitrogens with zero attached hydrogens (tertiary/aromatic N) is 2. The molecule has 1 heterocycles. The minimum atomic E-state index is 0.448. The van der Waals surface area contributed by atoms with Gasteiger partial charge in [0.15, 0.2) is 0 Å². The van der Waals surface area contributed by atoms with E-state index in [1.165, 1.54) is 0 Å². The van der Waals surface area contributed by atoms with Gasteiger partial charge in [0.25, 0.3) is 0 Å². The Morgan fingerprint density at radius 3 is 2.83 bits per heavy atom. The zero-order valence-corrected chi connectivity index (χ0v) is 7.67. The third kappa shape index (κ3) is 2.19. The van der Waals surface area contributed by atoms with Gasteiger partial charge in [-0.3, -0.25) is 0 Å². The average molecular weight is 165 g/mol. The highest BCUT2D eigenvalue weighted by Gasteiger charge is 2.07.